The van der Waals surface area contributed by atoms with Gasteiger partial charge in [-0.1, -0.05) is 19.9 Å². The molecule has 0 saturated heterocycles. The number of ether oxygens (including phenoxy) is 1. The molecular weight excluding hydrogens is 228 g/mol. The molecular formula is C15H20O3. The van der Waals surface area contributed by atoms with Gasteiger partial charge in [0.15, 0.2) is 0 Å². The lowest BCUT2D eigenvalue weighted by Gasteiger charge is -2.22. The van der Waals surface area contributed by atoms with E-state index in [1.807, 2.05) is 13.0 Å². The van der Waals surface area contributed by atoms with E-state index in [-0.39, 0.29) is 0 Å². The molecule has 0 aliphatic heterocycles. The summed E-state index contributed by atoms with van der Waals surface area (Å²) in [6.45, 7) is 6.20. The minimum absolute atomic E-state index is 0.297. The largest absolute Gasteiger partial charge is 0.496 e. The first kappa shape index (κ1) is 12.9. The normalized spacial score (nSPS) is 16.7. The van der Waals surface area contributed by atoms with Crippen molar-refractivity contribution in [2.45, 2.75) is 44.9 Å². The lowest BCUT2D eigenvalue weighted by Crippen LogP contribution is -2.22. The summed E-state index contributed by atoms with van der Waals surface area (Å²) < 4.78 is 5.43. The minimum atomic E-state index is -0.730. The van der Waals surface area contributed by atoms with E-state index in [0.29, 0.717) is 18.8 Å². The molecule has 3 heteroatoms. The third kappa shape index (κ3) is 1.88. The van der Waals surface area contributed by atoms with E-state index < -0.39 is 11.4 Å². The SMILES string of the molecule is COc1cc(C)cc(C(C)C)c1C1(C(=O)O)CC1. The van der Waals surface area contributed by atoms with Gasteiger partial charge < -0.3 is 9.84 Å². The number of aliphatic carboxylic acids is 1. The molecule has 0 spiro atoms. The van der Waals surface area contributed by atoms with Crippen LogP contribution in [-0.4, -0.2) is 18.2 Å². The predicted molar refractivity (Wildman–Crippen MR) is 70.4 cm³/mol. The van der Waals surface area contributed by atoms with Crippen LogP contribution in [0.1, 0.15) is 49.3 Å². The Balaban J connectivity index is 2.67. The first-order chi connectivity index (χ1) is 8.42. The van der Waals surface area contributed by atoms with Gasteiger partial charge in [0, 0.05) is 5.56 Å². The van der Waals surface area contributed by atoms with Crippen LogP contribution in [0.15, 0.2) is 12.1 Å². The molecule has 18 heavy (non-hydrogen) atoms. The summed E-state index contributed by atoms with van der Waals surface area (Å²) >= 11 is 0. The van der Waals surface area contributed by atoms with Gasteiger partial charge in [-0.15, -0.1) is 0 Å². The first-order valence-corrected chi connectivity index (χ1v) is 6.35. The fourth-order valence-corrected chi connectivity index (χ4v) is 2.60. The van der Waals surface area contributed by atoms with Crippen LogP contribution >= 0.6 is 0 Å². The molecule has 1 aliphatic rings. The van der Waals surface area contributed by atoms with Crippen molar-refractivity contribution >= 4 is 5.97 Å². The Kier molecular flexibility index (Phi) is 3.09. The molecule has 1 aliphatic carbocycles. The van der Waals surface area contributed by atoms with Crippen molar-refractivity contribution in [3.05, 3.63) is 28.8 Å². The first-order valence-electron chi connectivity index (χ1n) is 6.35. The molecule has 2 rings (SSSR count). The van der Waals surface area contributed by atoms with Crippen molar-refractivity contribution in [2.24, 2.45) is 0 Å². The highest BCUT2D eigenvalue weighted by Gasteiger charge is 2.54. The second-order valence-corrected chi connectivity index (χ2v) is 5.47. The van der Waals surface area contributed by atoms with E-state index in [1.165, 1.54) is 0 Å². The molecule has 98 valence electrons. The summed E-state index contributed by atoms with van der Waals surface area (Å²) in [6.07, 6.45) is 1.42. The quantitative estimate of drug-likeness (QED) is 0.889. The fraction of sp³-hybridized carbons (Fsp3) is 0.533. The topological polar surface area (TPSA) is 46.5 Å². The predicted octanol–water partition coefficient (Wildman–Crippen LogP) is 3.24. The van der Waals surface area contributed by atoms with Crippen molar-refractivity contribution in [1.29, 1.82) is 0 Å². The molecule has 1 N–H and O–H groups in total. The Bertz CT molecular complexity index is 485. The van der Waals surface area contributed by atoms with Crippen LogP contribution in [0.5, 0.6) is 5.75 Å². The van der Waals surface area contributed by atoms with Gasteiger partial charge in [-0.25, -0.2) is 0 Å². The zero-order valence-corrected chi connectivity index (χ0v) is 11.4. The Morgan fingerprint density at radius 1 is 1.39 bits per heavy atom. The minimum Gasteiger partial charge on any atom is -0.496 e. The van der Waals surface area contributed by atoms with Crippen LogP contribution in [0.2, 0.25) is 0 Å². The van der Waals surface area contributed by atoms with E-state index in [2.05, 4.69) is 19.9 Å². The summed E-state index contributed by atoms with van der Waals surface area (Å²) in [5, 5.41) is 9.50. The van der Waals surface area contributed by atoms with Gasteiger partial charge in [-0.2, -0.15) is 0 Å². The average molecular weight is 248 g/mol. The van der Waals surface area contributed by atoms with Gasteiger partial charge in [-0.3, -0.25) is 4.79 Å². The number of carboxylic acids is 1. The van der Waals surface area contributed by atoms with Gasteiger partial charge in [-0.05, 0) is 42.9 Å². The molecule has 0 unspecified atom stereocenters. The van der Waals surface area contributed by atoms with Crippen LogP contribution < -0.4 is 4.74 Å². The fourth-order valence-electron chi connectivity index (χ4n) is 2.60. The molecule has 3 nitrogen and oxygen atoms in total. The maximum atomic E-state index is 11.6. The maximum absolute atomic E-state index is 11.6. The van der Waals surface area contributed by atoms with Gasteiger partial charge in [0.25, 0.3) is 0 Å². The standard InChI is InChI=1S/C15H20O3/c1-9(2)11-7-10(3)8-12(18-4)13(11)15(5-6-15)14(16)17/h7-9H,5-6H2,1-4H3,(H,16,17). The number of rotatable bonds is 4. The summed E-state index contributed by atoms with van der Waals surface area (Å²) in [6, 6.07) is 4.02. The van der Waals surface area contributed by atoms with Crippen molar-refractivity contribution in [3.8, 4) is 5.75 Å². The third-order valence-electron chi connectivity index (χ3n) is 3.76. The molecule has 0 amide bonds. The lowest BCUT2D eigenvalue weighted by atomic mass is 9.84. The summed E-state index contributed by atoms with van der Waals surface area (Å²) in [5.41, 5.74) is 2.39. The van der Waals surface area contributed by atoms with Crippen LogP contribution in [-0.2, 0) is 10.2 Å². The smallest absolute Gasteiger partial charge is 0.314 e. The lowest BCUT2D eigenvalue weighted by molar-refractivity contribution is -0.140. The zero-order chi connectivity index (χ0) is 13.5. The third-order valence-corrected chi connectivity index (χ3v) is 3.76. The van der Waals surface area contributed by atoms with Crippen LogP contribution in [0.25, 0.3) is 0 Å². The van der Waals surface area contributed by atoms with E-state index in [1.54, 1.807) is 7.11 Å². The highest BCUT2D eigenvalue weighted by atomic mass is 16.5. The molecule has 0 radical (unpaired) electrons. The molecule has 0 atom stereocenters. The second kappa shape index (κ2) is 4.30. The zero-order valence-electron chi connectivity index (χ0n) is 11.4. The maximum Gasteiger partial charge on any atom is 0.314 e. The van der Waals surface area contributed by atoms with Crippen molar-refractivity contribution in [2.75, 3.05) is 7.11 Å². The van der Waals surface area contributed by atoms with Gasteiger partial charge in [0.2, 0.25) is 0 Å². The molecule has 0 aromatic heterocycles. The van der Waals surface area contributed by atoms with Gasteiger partial charge in [0.05, 0.1) is 12.5 Å². The molecule has 0 heterocycles. The number of hydrogen-bond donors (Lipinski definition) is 1. The van der Waals surface area contributed by atoms with Crippen molar-refractivity contribution in [1.82, 2.24) is 0 Å². The highest BCUT2D eigenvalue weighted by molar-refractivity contribution is 5.87. The number of carboxylic acid groups (broad SMARTS) is 1. The van der Waals surface area contributed by atoms with Crippen LogP contribution in [0.4, 0.5) is 0 Å². The van der Waals surface area contributed by atoms with E-state index in [4.69, 9.17) is 4.74 Å². The van der Waals surface area contributed by atoms with E-state index >= 15 is 0 Å². The Morgan fingerprint density at radius 2 is 2.00 bits per heavy atom. The van der Waals surface area contributed by atoms with Gasteiger partial charge >= 0.3 is 5.97 Å². The number of benzene rings is 1. The second-order valence-electron chi connectivity index (χ2n) is 5.47. The molecule has 1 aromatic carbocycles. The Labute approximate surface area is 108 Å². The molecule has 1 saturated carbocycles. The summed E-state index contributed by atoms with van der Waals surface area (Å²) in [4.78, 5) is 11.6. The Hall–Kier alpha value is -1.51. The van der Waals surface area contributed by atoms with E-state index in [9.17, 15) is 9.90 Å². The molecule has 0 bridgehead atoms. The molecule has 1 aromatic rings. The number of methoxy groups -OCH3 is 1. The number of carbonyl (C=O) groups is 1. The summed E-state index contributed by atoms with van der Waals surface area (Å²) in [7, 11) is 1.61. The molecule has 1 fully saturated rings. The average Bonchev–Trinajstić information content (AvgIpc) is 3.08. The van der Waals surface area contributed by atoms with Crippen molar-refractivity contribution < 1.29 is 14.6 Å². The van der Waals surface area contributed by atoms with E-state index in [0.717, 1.165) is 22.4 Å². The van der Waals surface area contributed by atoms with Gasteiger partial charge in [0.1, 0.15) is 5.75 Å². The van der Waals surface area contributed by atoms with Crippen LogP contribution in [0, 0.1) is 6.92 Å². The van der Waals surface area contributed by atoms with Crippen molar-refractivity contribution in [3.63, 3.8) is 0 Å². The highest BCUT2D eigenvalue weighted by Crippen LogP contribution is 2.54. The Morgan fingerprint density at radius 3 is 2.39 bits per heavy atom. The summed E-state index contributed by atoms with van der Waals surface area (Å²) in [5.74, 6) is 0.288. The van der Waals surface area contributed by atoms with Crippen LogP contribution in [0.3, 0.4) is 0 Å². The number of aryl methyl sites for hydroxylation is 1. The monoisotopic (exact) mass is 248 g/mol. The number of hydrogen-bond acceptors (Lipinski definition) is 2.